The topological polar surface area (TPSA) is 21.6 Å². The van der Waals surface area contributed by atoms with Gasteiger partial charge in [0.2, 0.25) is 0 Å². The first-order valence-corrected chi connectivity index (χ1v) is 7.00. The van der Waals surface area contributed by atoms with Gasteiger partial charge in [-0.15, -0.1) is 24.0 Å². The lowest BCUT2D eigenvalue weighted by molar-refractivity contribution is 0.184. The number of benzene rings is 1. The second kappa shape index (κ2) is 7.81. The minimum Gasteiger partial charge on any atom is -0.498 e. The molecule has 0 saturated carbocycles. The smallest absolute Gasteiger partial charge is 0.0983 e. The Labute approximate surface area is 139 Å². The number of nitrogens with zero attached hydrogens (tertiary/aromatic N) is 1. The van der Waals surface area contributed by atoms with Gasteiger partial charge in [0.25, 0.3) is 0 Å². The molecule has 0 fully saturated rings. The summed E-state index contributed by atoms with van der Waals surface area (Å²) in [6.07, 6.45) is 4.15. The highest BCUT2D eigenvalue weighted by Crippen LogP contribution is 2.34. The third-order valence-electron chi connectivity index (χ3n) is 3.28. The first-order chi connectivity index (χ1) is 9.09. The standard InChI is InChI=1S/C17H23NO.HI/c1-4-19-16-10-15(11-17(2,3)12-16)18-13-14-8-6-5-7-9-14;/h5-10H,4,11-13H2,1-3H3;1H. The predicted octanol–water partition coefficient (Wildman–Crippen LogP) is 4.99. The average Bonchev–Trinajstić information content (AvgIpc) is 2.36. The molecule has 2 nitrogen and oxygen atoms in total. The fraction of sp³-hybridized carbons (Fsp3) is 0.471. The Morgan fingerprint density at radius 1 is 1.15 bits per heavy atom. The van der Waals surface area contributed by atoms with Gasteiger partial charge in [0.1, 0.15) is 0 Å². The van der Waals surface area contributed by atoms with Crippen molar-refractivity contribution in [2.24, 2.45) is 10.4 Å². The van der Waals surface area contributed by atoms with Crippen LogP contribution in [0, 0.1) is 5.41 Å². The van der Waals surface area contributed by atoms with Crippen molar-refractivity contribution in [1.82, 2.24) is 0 Å². The summed E-state index contributed by atoms with van der Waals surface area (Å²) in [7, 11) is 0. The van der Waals surface area contributed by atoms with E-state index in [1.54, 1.807) is 0 Å². The van der Waals surface area contributed by atoms with Crippen molar-refractivity contribution in [3.8, 4) is 0 Å². The highest BCUT2D eigenvalue weighted by molar-refractivity contribution is 14.0. The second-order valence-electron chi connectivity index (χ2n) is 5.85. The molecule has 20 heavy (non-hydrogen) atoms. The molecule has 0 bridgehead atoms. The number of ether oxygens (including phenoxy) is 1. The van der Waals surface area contributed by atoms with Gasteiger partial charge in [0.05, 0.1) is 18.9 Å². The molecular formula is C17H24INO. The molecule has 1 aromatic carbocycles. The minimum atomic E-state index is 0. The molecule has 0 atom stereocenters. The van der Waals surface area contributed by atoms with E-state index in [1.165, 1.54) is 5.56 Å². The maximum atomic E-state index is 5.68. The van der Waals surface area contributed by atoms with Crippen LogP contribution in [0.25, 0.3) is 0 Å². The fourth-order valence-electron chi connectivity index (χ4n) is 2.47. The van der Waals surface area contributed by atoms with E-state index < -0.39 is 0 Å². The van der Waals surface area contributed by atoms with E-state index >= 15 is 0 Å². The molecule has 3 heteroatoms. The zero-order chi connectivity index (χ0) is 13.7. The summed E-state index contributed by atoms with van der Waals surface area (Å²) in [6, 6.07) is 10.4. The molecule has 1 aliphatic carbocycles. The van der Waals surface area contributed by atoms with Crippen LogP contribution in [0.15, 0.2) is 47.2 Å². The molecule has 0 aromatic heterocycles. The molecule has 0 N–H and O–H groups in total. The van der Waals surface area contributed by atoms with Crippen LogP contribution < -0.4 is 0 Å². The van der Waals surface area contributed by atoms with Crippen LogP contribution >= 0.6 is 24.0 Å². The van der Waals surface area contributed by atoms with E-state index in [0.29, 0.717) is 0 Å². The lowest BCUT2D eigenvalue weighted by Gasteiger charge is -2.30. The third kappa shape index (κ3) is 5.27. The van der Waals surface area contributed by atoms with E-state index in [1.807, 2.05) is 13.0 Å². The van der Waals surface area contributed by atoms with Gasteiger partial charge in [0.15, 0.2) is 0 Å². The molecule has 2 rings (SSSR count). The Bertz CT molecular complexity index is 477. The molecular weight excluding hydrogens is 361 g/mol. The van der Waals surface area contributed by atoms with E-state index in [4.69, 9.17) is 9.73 Å². The van der Waals surface area contributed by atoms with Gasteiger partial charge >= 0.3 is 0 Å². The highest BCUT2D eigenvalue weighted by Gasteiger charge is 2.27. The molecule has 0 radical (unpaired) electrons. The molecule has 0 amide bonds. The van der Waals surface area contributed by atoms with E-state index in [9.17, 15) is 0 Å². The quantitative estimate of drug-likeness (QED) is 0.670. The lowest BCUT2D eigenvalue weighted by atomic mass is 9.79. The van der Waals surface area contributed by atoms with Crippen molar-refractivity contribution < 1.29 is 4.74 Å². The lowest BCUT2D eigenvalue weighted by Crippen LogP contribution is -2.23. The average molecular weight is 385 g/mol. The van der Waals surface area contributed by atoms with Crippen molar-refractivity contribution in [2.75, 3.05) is 6.61 Å². The van der Waals surface area contributed by atoms with Gasteiger partial charge in [-0.25, -0.2) is 0 Å². The monoisotopic (exact) mass is 385 g/mol. The molecule has 1 aromatic rings. The molecule has 1 aliphatic rings. The minimum absolute atomic E-state index is 0. The van der Waals surface area contributed by atoms with E-state index in [-0.39, 0.29) is 29.4 Å². The summed E-state index contributed by atoms with van der Waals surface area (Å²) in [4.78, 5) is 4.74. The number of allylic oxidation sites excluding steroid dienone is 2. The van der Waals surface area contributed by atoms with E-state index in [2.05, 4.69) is 44.2 Å². The number of aliphatic imine (C=N–C) groups is 1. The zero-order valence-electron chi connectivity index (χ0n) is 12.6. The van der Waals surface area contributed by atoms with Crippen LogP contribution in [0.3, 0.4) is 0 Å². The summed E-state index contributed by atoms with van der Waals surface area (Å²) in [5, 5.41) is 0. The Morgan fingerprint density at radius 3 is 2.50 bits per heavy atom. The van der Waals surface area contributed by atoms with Crippen molar-refractivity contribution in [2.45, 2.75) is 40.2 Å². The third-order valence-corrected chi connectivity index (χ3v) is 3.28. The summed E-state index contributed by atoms with van der Waals surface area (Å²) < 4.78 is 5.68. The number of rotatable bonds is 4. The molecule has 0 spiro atoms. The number of halogens is 1. The highest BCUT2D eigenvalue weighted by atomic mass is 127. The van der Waals surface area contributed by atoms with Crippen LogP contribution in [-0.2, 0) is 11.3 Å². The Kier molecular flexibility index (Phi) is 6.72. The second-order valence-corrected chi connectivity index (χ2v) is 5.85. The van der Waals surface area contributed by atoms with Gasteiger partial charge < -0.3 is 4.74 Å². The summed E-state index contributed by atoms with van der Waals surface area (Å²) in [6.45, 7) is 8.06. The Balaban J connectivity index is 0.00000200. The SMILES string of the molecule is CCOC1=CC(=NCc2ccccc2)CC(C)(C)C1.I. The predicted molar refractivity (Wildman–Crippen MR) is 95.7 cm³/mol. The first-order valence-electron chi connectivity index (χ1n) is 7.00. The van der Waals surface area contributed by atoms with Crippen LogP contribution in [0.1, 0.15) is 39.2 Å². The van der Waals surface area contributed by atoms with Crippen molar-refractivity contribution >= 4 is 29.7 Å². The van der Waals surface area contributed by atoms with Crippen molar-refractivity contribution in [3.63, 3.8) is 0 Å². The van der Waals surface area contributed by atoms with Crippen LogP contribution in [0.2, 0.25) is 0 Å². The fourth-order valence-corrected chi connectivity index (χ4v) is 2.47. The Hall–Kier alpha value is -0.840. The number of hydrogen-bond donors (Lipinski definition) is 0. The summed E-state index contributed by atoms with van der Waals surface area (Å²) in [5.41, 5.74) is 2.66. The van der Waals surface area contributed by atoms with Gasteiger partial charge in [-0.3, -0.25) is 4.99 Å². The van der Waals surface area contributed by atoms with Crippen LogP contribution in [-0.4, -0.2) is 12.3 Å². The molecule has 0 saturated heterocycles. The summed E-state index contributed by atoms with van der Waals surface area (Å²) >= 11 is 0. The van der Waals surface area contributed by atoms with Crippen molar-refractivity contribution in [1.29, 1.82) is 0 Å². The molecule has 110 valence electrons. The van der Waals surface area contributed by atoms with Gasteiger partial charge in [-0.2, -0.15) is 0 Å². The molecule has 0 unspecified atom stereocenters. The van der Waals surface area contributed by atoms with Gasteiger partial charge in [0, 0.05) is 12.1 Å². The van der Waals surface area contributed by atoms with Crippen LogP contribution in [0.4, 0.5) is 0 Å². The normalized spacial score (nSPS) is 19.1. The molecule has 0 heterocycles. The zero-order valence-corrected chi connectivity index (χ0v) is 14.9. The largest absolute Gasteiger partial charge is 0.498 e. The van der Waals surface area contributed by atoms with Crippen LogP contribution in [0.5, 0.6) is 0 Å². The molecule has 0 aliphatic heterocycles. The van der Waals surface area contributed by atoms with E-state index in [0.717, 1.165) is 37.5 Å². The Morgan fingerprint density at radius 2 is 1.85 bits per heavy atom. The summed E-state index contributed by atoms with van der Waals surface area (Å²) in [5.74, 6) is 1.07. The van der Waals surface area contributed by atoms with Crippen molar-refractivity contribution in [3.05, 3.63) is 47.7 Å². The van der Waals surface area contributed by atoms with Gasteiger partial charge in [-0.1, -0.05) is 44.2 Å². The maximum absolute atomic E-state index is 5.68. The number of hydrogen-bond acceptors (Lipinski definition) is 2. The van der Waals surface area contributed by atoms with Gasteiger partial charge in [-0.05, 0) is 30.4 Å². The maximum Gasteiger partial charge on any atom is 0.0983 e. The first kappa shape index (κ1) is 17.2.